The van der Waals surface area contributed by atoms with E-state index in [4.69, 9.17) is 9.84 Å². The molecule has 0 aliphatic carbocycles. The average molecular weight is 314 g/mol. The summed E-state index contributed by atoms with van der Waals surface area (Å²) in [5.41, 5.74) is 0.503. The Bertz CT molecular complexity index is 921. The van der Waals surface area contributed by atoms with Gasteiger partial charge in [-0.2, -0.15) is 0 Å². The van der Waals surface area contributed by atoms with Crippen molar-refractivity contribution in [2.75, 3.05) is 13.2 Å². The van der Waals surface area contributed by atoms with Crippen molar-refractivity contribution in [3.05, 3.63) is 58.6 Å². The maximum atomic E-state index is 14.4. The van der Waals surface area contributed by atoms with E-state index in [1.54, 1.807) is 37.4 Å². The second-order valence-corrected chi connectivity index (χ2v) is 5.03. The maximum absolute atomic E-state index is 14.4. The number of fused-ring (bicyclic) bond motifs is 1. The van der Waals surface area contributed by atoms with E-state index in [1.165, 1.54) is 16.7 Å². The van der Waals surface area contributed by atoms with Crippen molar-refractivity contribution in [3.63, 3.8) is 0 Å². The van der Waals surface area contributed by atoms with Gasteiger partial charge < -0.3 is 9.84 Å². The molecule has 3 rings (SSSR count). The van der Waals surface area contributed by atoms with Crippen LogP contribution in [0.5, 0.6) is 5.75 Å². The van der Waals surface area contributed by atoms with E-state index in [0.717, 1.165) is 0 Å². The van der Waals surface area contributed by atoms with Crippen LogP contribution >= 0.6 is 0 Å². The third kappa shape index (κ3) is 2.80. The Balaban J connectivity index is 2.13. The van der Waals surface area contributed by atoms with Crippen LogP contribution in [0.4, 0.5) is 4.39 Å². The molecule has 0 spiro atoms. The SMILES string of the molecule is Cn1c(-c2ccc(OCCO)cc2F)nc2ccccc2c1=O. The topological polar surface area (TPSA) is 64.3 Å². The number of hydrogen-bond donors (Lipinski definition) is 1. The van der Waals surface area contributed by atoms with Gasteiger partial charge in [0.2, 0.25) is 0 Å². The highest BCUT2D eigenvalue weighted by Gasteiger charge is 2.14. The van der Waals surface area contributed by atoms with E-state index < -0.39 is 5.82 Å². The third-order valence-corrected chi connectivity index (χ3v) is 3.52. The lowest BCUT2D eigenvalue weighted by molar-refractivity contribution is 0.201. The predicted octanol–water partition coefficient (Wildman–Crippen LogP) is 2.11. The molecule has 0 aliphatic heterocycles. The molecule has 1 heterocycles. The van der Waals surface area contributed by atoms with Gasteiger partial charge >= 0.3 is 0 Å². The summed E-state index contributed by atoms with van der Waals surface area (Å²) in [5, 5.41) is 9.22. The minimum absolute atomic E-state index is 0.0888. The molecule has 0 bridgehead atoms. The molecular weight excluding hydrogens is 299 g/mol. The van der Waals surface area contributed by atoms with Gasteiger partial charge in [-0.15, -0.1) is 0 Å². The number of rotatable bonds is 4. The van der Waals surface area contributed by atoms with Crippen LogP contribution in [0.3, 0.4) is 0 Å². The standard InChI is InChI=1S/C17H15FN2O3/c1-20-16(19-15-5-3-2-4-13(15)17(20)22)12-7-6-11(10-14(12)18)23-9-8-21/h2-7,10,21H,8-9H2,1H3. The minimum atomic E-state index is -0.543. The first kappa shape index (κ1) is 15.2. The zero-order valence-corrected chi connectivity index (χ0v) is 12.5. The first-order valence-electron chi connectivity index (χ1n) is 7.11. The van der Waals surface area contributed by atoms with Crippen LogP contribution in [0.1, 0.15) is 0 Å². The lowest BCUT2D eigenvalue weighted by Gasteiger charge is -2.11. The van der Waals surface area contributed by atoms with Crippen molar-refractivity contribution in [2.45, 2.75) is 0 Å². The second kappa shape index (κ2) is 6.18. The highest BCUT2D eigenvalue weighted by molar-refractivity contribution is 5.79. The number of aromatic nitrogens is 2. The van der Waals surface area contributed by atoms with Crippen LogP contribution in [0.15, 0.2) is 47.3 Å². The lowest BCUT2D eigenvalue weighted by Crippen LogP contribution is -2.20. The smallest absolute Gasteiger partial charge is 0.261 e. The average Bonchev–Trinajstić information content (AvgIpc) is 2.57. The Kier molecular flexibility index (Phi) is 4.08. The zero-order valence-electron chi connectivity index (χ0n) is 12.5. The van der Waals surface area contributed by atoms with Crippen LogP contribution in [0.25, 0.3) is 22.3 Å². The molecule has 0 fully saturated rings. The molecule has 0 saturated heterocycles. The molecule has 0 radical (unpaired) electrons. The Morgan fingerprint density at radius 2 is 2.04 bits per heavy atom. The summed E-state index contributed by atoms with van der Waals surface area (Å²) in [6.07, 6.45) is 0. The molecule has 23 heavy (non-hydrogen) atoms. The quantitative estimate of drug-likeness (QED) is 0.801. The molecule has 3 aromatic rings. The van der Waals surface area contributed by atoms with Gasteiger partial charge in [0.05, 0.1) is 23.1 Å². The van der Waals surface area contributed by atoms with Crippen LogP contribution in [-0.2, 0) is 7.05 Å². The fourth-order valence-corrected chi connectivity index (χ4v) is 2.39. The second-order valence-electron chi connectivity index (χ2n) is 5.03. The molecule has 2 aromatic carbocycles. The molecule has 0 aliphatic rings. The predicted molar refractivity (Wildman–Crippen MR) is 85.0 cm³/mol. The molecule has 0 unspecified atom stereocenters. The van der Waals surface area contributed by atoms with Crippen molar-refractivity contribution in [3.8, 4) is 17.1 Å². The van der Waals surface area contributed by atoms with Crippen LogP contribution in [0.2, 0.25) is 0 Å². The van der Waals surface area contributed by atoms with Crippen molar-refractivity contribution in [1.29, 1.82) is 0 Å². The molecule has 1 N–H and O–H groups in total. The summed E-state index contributed by atoms with van der Waals surface area (Å²) in [5.74, 6) is 0.0178. The van der Waals surface area contributed by atoms with E-state index in [9.17, 15) is 9.18 Å². The molecule has 5 nitrogen and oxygen atoms in total. The number of ether oxygens (including phenoxy) is 1. The van der Waals surface area contributed by atoms with Gasteiger partial charge in [0.1, 0.15) is 24.0 Å². The van der Waals surface area contributed by atoms with Gasteiger partial charge in [0.25, 0.3) is 5.56 Å². The summed E-state index contributed by atoms with van der Waals surface area (Å²) in [6, 6.07) is 11.3. The number of aliphatic hydroxyl groups is 1. The normalized spacial score (nSPS) is 10.9. The van der Waals surface area contributed by atoms with Gasteiger partial charge in [-0.05, 0) is 24.3 Å². The molecule has 0 amide bonds. The van der Waals surface area contributed by atoms with Crippen molar-refractivity contribution >= 4 is 10.9 Å². The first-order chi connectivity index (χ1) is 11.1. The number of nitrogens with zero attached hydrogens (tertiary/aromatic N) is 2. The van der Waals surface area contributed by atoms with E-state index in [0.29, 0.717) is 16.7 Å². The Labute approximate surface area is 131 Å². The highest BCUT2D eigenvalue weighted by Crippen LogP contribution is 2.25. The zero-order chi connectivity index (χ0) is 16.4. The van der Waals surface area contributed by atoms with Gasteiger partial charge in [0.15, 0.2) is 0 Å². The molecule has 0 atom stereocenters. The summed E-state index contributed by atoms with van der Waals surface area (Å²) < 4.78 is 20.9. The Morgan fingerprint density at radius 1 is 1.26 bits per heavy atom. The molecule has 0 saturated carbocycles. The number of benzene rings is 2. The Morgan fingerprint density at radius 3 is 2.78 bits per heavy atom. The number of halogens is 1. The summed E-state index contributed by atoms with van der Waals surface area (Å²) in [6.45, 7) is -0.0599. The van der Waals surface area contributed by atoms with Crippen molar-refractivity contribution in [1.82, 2.24) is 9.55 Å². The minimum Gasteiger partial charge on any atom is -0.491 e. The fourth-order valence-electron chi connectivity index (χ4n) is 2.39. The fraction of sp³-hybridized carbons (Fsp3) is 0.176. The van der Waals surface area contributed by atoms with Crippen LogP contribution < -0.4 is 10.3 Å². The lowest BCUT2D eigenvalue weighted by atomic mass is 10.1. The van der Waals surface area contributed by atoms with Crippen molar-refractivity contribution in [2.24, 2.45) is 7.05 Å². The molecular formula is C17H15FN2O3. The van der Waals surface area contributed by atoms with E-state index in [2.05, 4.69) is 4.98 Å². The summed E-state index contributed by atoms with van der Waals surface area (Å²) in [4.78, 5) is 16.8. The largest absolute Gasteiger partial charge is 0.491 e. The molecule has 1 aromatic heterocycles. The van der Waals surface area contributed by atoms with E-state index >= 15 is 0 Å². The van der Waals surface area contributed by atoms with Gasteiger partial charge in [-0.3, -0.25) is 9.36 Å². The number of hydrogen-bond acceptors (Lipinski definition) is 4. The third-order valence-electron chi connectivity index (χ3n) is 3.52. The van der Waals surface area contributed by atoms with E-state index in [-0.39, 0.29) is 30.2 Å². The summed E-state index contributed by atoms with van der Waals surface area (Å²) >= 11 is 0. The first-order valence-corrected chi connectivity index (χ1v) is 7.11. The Hall–Kier alpha value is -2.73. The van der Waals surface area contributed by atoms with E-state index in [1.807, 2.05) is 0 Å². The monoisotopic (exact) mass is 314 g/mol. The van der Waals surface area contributed by atoms with Gasteiger partial charge in [-0.25, -0.2) is 9.37 Å². The van der Waals surface area contributed by atoms with Gasteiger partial charge in [-0.1, -0.05) is 12.1 Å². The molecule has 118 valence electrons. The van der Waals surface area contributed by atoms with Crippen LogP contribution in [-0.4, -0.2) is 27.9 Å². The number of aliphatic hydroxyl groups excluding tert-OH is 1. The maximum Gasteiger partial charge on any atom is 0.261 e. The highest BCUT2D eigenvalue weighted by atomic mass is 19.1. The number of para-hydroxylation sites is 1. The van der Waals surface area contributed by atoms with Crippen molar-refractivity contribution < 1.29 is 14.2 Å². The molecule has 6 heteroatoms. The van der Waals surface area contributed by atoms with Gasteiger partial charge in [0, 0.05) is 13.1 Å². The van der Waals surface area contributed by atoms with Crippen LogP contribution in [0, 0.1) is 5.82 Å². The summed E-state index contributed by atoms with van der Waals surface area (Å²) in [7, 11) is 1.56.